The summed E-state index contributed by atoms with van der Waals surface area (Å²) >= 11 is 0. The number of carbonyl (C=O) groups excluding carboxylic acids is 1. The number of rotatable bonds is 3. The molecular weight excluding hydrogens is 388 g/mol. The number of fused-ring (bicyclic) bond motifs is 1. The molecule has 0 fully saturated rings. The maximum absolute atomic E-state index is 13.5. The van der Waals surface area contributed by atoms with Crippen molar-refractivity contribution in [1.29, 1.82) is 0 Å². The molecule has 31 heavy (non-hydrogen) atoms. The first-order valence-corrected chi connectivity index (χ1v) is 10.4. The number of hydrogen-bond donors (Lipinski definition) is 3. The minimum absolute atomic E-state index is 0.0554. The summed E-state index contributed by atoms with van der Waals surface area (Å²) in [5.41, 5.74) is 5.51. The molecule has 1 aliphatic carbocycles. The van der Waals surface area contributed by atoms with Crippen molar-refractivity contribution < 1.29 is 14.6 Å². The number of ether oxygens (including phenoxy) is 1. The predicted octanol–water partition coefficient (Wildman–Crippen LogP) is 5.38. The van der Waals surface area contributed by atoms with E-state index in [0.29, 0.717) is 12.2 Å². The Morgan fingerprint density at radius 1 is 0.903 bits per heavy atom. The molecule has 3 aromatic carbocycles. The van der Waals surface area contributed by atoms with Gasteiger partial charge in [-0.25, -0.2) is 0 Å². The second-order valence-corrected chi connectivity index (χ2v) is 8.01. The summed E-state index contributed by atoms with van der Waals surface area (Å²) in [7, 11) is 1.52. The molecule has 0 saturated heterocycles. The maximum atomic E-state index is 13.5. The summed E-state index contributed by atoms with van der Waals surface area (Å²) in [6, 6.07) is 23.1. The number of anilines is 2. The molecule has 5 heteroatoms. The van der Waals surface area contributed by atoms with Crippen molar-refractivity contribution in [3.63, 3.8) is 0 Å². The van der Waals surface area contributed by atoms with Crippen molar-refractivity contribution in [2.45, 2.75) is 24.8 Å². The lowest BCUT2D eigenvalue weighted by molar-refractivity contribution is -0.116. The van der Waals surface area contributed by atoms with E-state index in [2.05, 4.69) is 22.8 Å². The van der Waals surface area contributed by atoms with Gasteiger partial charge in [0.2, 0.25) is 0 Å². The number of ketones is 1. The standard InChI is InChI=1S/C26H24N2O3/c1-31-24-12-11-17(14-22(24)29)26-25-21(27-19-9-5-6-10-20(19)28-26)13-18(15-23(25)30)16-7-3-2-4-8-16/h2-12,14,18,26-29H,13,15H2,1H3/t18-,26-/m0/s1. The highest BCUT2D eigenvalue weighted by atomic mass is 16.5. The van der Waals surface area contributed by atoms with Gasteiger partial charge in [-0.15, -0.1) is 0 Å². The van der Waals surface area contributed by atoms with Crippen LogP contribution in [-0.4, -0.2) is 18.0 Å². The van der Waals surface area contributed by atoms with E-state index in [4.69, 9.17) is 4.74 Å². The third-order valence-electron chi connectivity index (χ3n) is 6.12. The van der Waals surface area contributed by atoms with Gasteiger partial charge in [0.1, 0.15) is 0 Å². The Labute approximate surface area is 181 Å². The molecule has 3 aromatic rings. The van der Waals surface area contributed by atoms with Crippen LogP contribution in [0.25, 0.3) is 0 Å². The van der Waals surface area contributed by atoms with E-state index in [0.717, 1.165) is 34.6 Å². The Morgan fingerprint density at radius 3 is 2.39 bits per heavy atom. The molecular formula is C26H24N2O3. The first kappa shape index (κ1) is 19.2. The topological polar surface area (TPSA) is 70.6 Å². The molecule has 156 valence electrons. The number of aromatic hydroxyl groups is 1. The van der Waals surface area contributed by atoms with Gasteiger partial charge < -0.3 is 20.5 Å². The van der Waals surface area contributed by atoms with E-state index in [1.807, 2.05) is 48.5 Å². The molecule has 0 radical (unpaired) electrons. The highest BCUT2D eigenvalue weighted by molar-refractivity contribution is 6.01. The third kappa shape index (κ3) is 3.52. The van der Waals surface area contributed by atoms with Crippen molar-refractivity contribution in [3.8, 4) is 11.5 Å². The largest absolute Gasteiger partial charge is 0.504 e. The lowest BCUT2D eigenvalue weighted by Crippen LogP contribution is -2.26. The van der Waals surface area contributed by atoms with Crippen LogP contribution in [0.2, 0.25) is 0 Å². The van der Waals surface area contributed by atoms with E-state index in [1.54, 1.807) is 12.1 Å². The van der Waals surface area contributed by atoms with Gasteiger partial charge in [-0.3, -0.25) is 4.79 Å². The quantitative estimate of drug-likeness (QED) is 0.539. The first-order valence-electron chi connectivity index (χ1n) is 10.4. The van der Waals surface area contributed by atoms with Crippen LogP contribution in [0.4, 0.5) is 11.4 Å². The molecule has 0 unspecified atom stereocenters. The summed E-state index contributed by atoms with van der Waals surface area (Å²) in [5.74, 6) is 0.711. The van der Waals surface area contributed by atoms with Gasteiger partial charge in [0.05, 0.1) is 24.5 Å². The minimum Gasteiger partial charge on any atom is -0.504 e. The van der Waals surface area contributed by atoms with Crippen molar-refractivity contribution in [2.75, 3.05) is 17.7 Å². The average molecular weight is 412 g/mol. The number of phenolic OH excluding ortho intramolecular Hbond substituents is 1. The van der Waals surface area contributed by atoms with Crippen molar-refractivity contribution >= 4 is 17.2 Å². The highest BCUT2D eigenvalue weighted by Crippen LogP contribution is 2.45. The van der Waals surface area contributed by atoms with Gasteiger partial charge in [-0.05, 0) is 47.7 Å². The molecule has 0 aromatic heterocycles. The summed E-state index contributed by atoms with van der Waals surface area (Å²) in [5, 5.41) is 17.4. The average Bonchev–Trinajstić information content (AvgIpc) is 2.96. The van der Waals surface area contributed by atoms with Gasteiger partial charge in [0, 0.05) is 17.7 Å². The monoisotopic (exact) mass is 412 g/mol. The van der Waals surface area contributed by atoms with E-state index >= 15 is 0 Å². The maximum Gasteiger partial charge on any atom is 0.163 e. The van der Waals surface area contributed by atoms with Crippen molar-refractivity contribution in [1.82, 2.24) is 0 Å². The predicted molar refractivity (Wildman–Crippen MR) is 122 cm³/mol. The molecule has 0 saturated carbocycles. The number of phenols is 1. The molecule has 5 nitrogen and oxygen atoms in total. The zero-order valence-electron chi connectivity index (χ0n) is 17.3. The van der Waals surface area contributed by atoms with E-state index in [-0.39, 0.29) is 23.5 Å². The Hall–Kier alpha value is -3.73. The lowest BCUT2D eigenvalue weighted by Gasteiger charge is -2.30. The Morgan fingerprint density at radius 2 is 1.65 bits per heavy atom. The van der Waals surface area contributed by atoms with Crippen molar-refractivity contribution in [2.24, 2.45) is 0 Å². The Kier molecular flexibility index (Phi) is 4.86. The smallest absolute Gasteiger partial charge is 0.163 e. The number of methoxy groups -OCH3 is 1. The number of carbonyl (C=O) groups is 1. The number of para-hydroxylation sites is 2. The number of allylic oxidation sites excluding steroid dienone is 1. The SMILES string of the molecule is COc1ccc([C@@H]2Nc3ccccc3NC3=C2C(=O)C[C@@H](c2ccccc2)C3)cc1O. The van der Waals surface area contributed by atoms with Crippen LogP contribution in [0, 0.1) is 0 Å². The normalized spacial score (nSPS) is 20.1. The van der Waals surface area contributed by atoms with E-state index in [1.165, 1.54) is 12.7 Å². The molecule has 0 amide bonds. The second kappa shape index (κ2) is 7.84. The fourth-order valence-corrected chi connectivity index (χ4v) is 4.59. The minimum atomic E-state index is -0.368. The first-order chi connectivity index (χ1) is 15.1. The molecule has 0 spiro atoms. The fraction of sp³-hybridized carbons (Fsp3) is 0.192. The van der Waals surface area contributed by atoms with Crippen LogP contribution in [-0.2, 0) is 4.79 Å². The number of benzene rings is 3. The Balaban J connectivity index is 1.62. The highest BCUT2D eigenvalue weighted by Gasteiger charge is 2.36. The van der Waals surface area contributed by atoms with Crippen LogP contribution in [0.1, 0.15) is 35.9 Å². The fourth-order valence-electron chi connectivity index (χ4n) is 4.59. The van der Waals surface area contributed by atoms with Crippen LogP contribution in [0.5, 0.6) is 11.5 Å². The summed E-state index contributed by atoms with van der Waals surface area (Å²) in [4.78, 5) is 13.5. The zero-order valence-corrected chi connectivity index (χ0v) is 17.3. The summed E-state index contributed by atoms with van der Waals surface area (Å²) in [6.07, 6.45) is 1.21. The third-order valence-corrected chi connectivity index (χ3v) is 6.12. The molecule has 0 bridgehead atoms. The van der Waals surface area contributed by atoms with E-state index < -0.39 is 0 Å². The molecule has 3 N–H and O–H groups in total. The van der Waals surface area contributed by atoms with Gasteiger partial charge >= 0.3 is 0 Å². The summed E-state index contributed by atoms with van der Waals surface area (Å²) in [6.45, 7) is 0. The van der Waals surface area contributed by atoms with Gasteiger partial charge in [-0.1, -0.05) is 48.5 Å². The molecule has 5 rings (SSSR count). The lowest BCUT2D eigenvalue weighted by atomic mass is 9.78. The molecule has 2 atom stereocenters. The zero-order chi connectivity index (χ0) is 21.4. The summed E-state index contributed by atoms with van der Waals surface area (Å²) < 4.78 is 5.20. The van der Waals surface area contributed by atoms with Gasteiger partial charge in [0.25, 0.3) is 0 Å². The van der Waals surface area contributed by atoms with Crippen LogP contribution in [0.15, 0.2) is 84.1 Å². The van der Waals surface area contributed by atoms with E-state index in [9.17, 15) is 9.90 Å². The van der Waals surface area contributed by atoms with Gasteiger partial charge in [-0.2, -0.15) is 0 Å². The second-order valence-electron chi connectivity index (χ2n) is 8.01. The van der Waals surface area contributed by atoms with Crippen molar-refractivity contribution in [3.05, 3.63) is 95.2 Å². The van der Waals surface area contributed by atoms with Crippen LogP contribution in [0.3, 0.4) is 0 Å². The number of nitrogens with one attached hydrogen (secondary N) is 2. The molecule has 1 aliphatic heterocycles. The number of Topliss-reactive ketones (excluding diaryl/α,β-unsaturated/α-hetero) is 1. The molecule has 1 heterocycles. The molecule has 2 aliphatic rings. The van der Waals surface area contributed by atoms with Crippen LogP contribution >= 0.6 is 0 Å². The Bertz CT molecular complexity index is 1170. The number of hydrogen-bond acceptors (Lipinski definition) is 5. The van der Waals surface area contributed by atoms with Crippen LogP contribution < -0.4 is 15.4 Å². The van der Waals surface area contributed by atoms with Gasteiger partial charge in [0.15, 0.2) is 17.3 Å².